The molecule has 0 aliphatic carbocycles. The summed E-state index contributed by atoms with van der Waals surface area (Å²) in [6.07, 6.45) is 1.04. The highest BCUT2D eigenvalue weighted by atomic mass is 127. The summed E-state index contributed by atoms with van der Waals surface area (Å²) in [5.41, 5.74) is 2.67. The van der Waals surface area contributed by atoms with Crippen molar-refractivity contribution in [1.82, 2.24) is 10.6 Å². The van der Waals surface area contributed by atoms with E-state index in [1.54, 1.807) is 33.2 Å². The first kappa shape index (κ1) is 25.7. The fraction of sp³-hybridized carbons (Fsp3) is 0.350. The van der Waals surface area contributed by atoms with E-state index in [0.717, 1.165) is 16.7 Å². The van der Waals surface area contributed by atoms with E-state index in [9.17, 15) is 8.42 Å². The van der Waals surface area contributed by atoms with E-state index in [-0.39, 0.29) is 30.1 Å². The molecule has 0 fully saturated rings. The largest absolute Gasteiger partial charge is 0.375 e. The normalized spacial score (nSPS) is 12.8. The first-order chi connectivity index (χ1) is 13.2. The van der Waals surface area contributed by atoms with Gasteiger partial charge in [0, 0.05) is 38.5 Å². The standard InChI is InChI=1S/C20H26ClN3O3S.HI/c1-14-10-15(8-9-19(14)28(4,25)26)12-23-20(22-2)24-13-18(27-3)16-6-5-7-17(21)11-16;/h5-11,18H,12-13H2,1-4H3,(H2,22,23,24);1H. The van der Waals surface area contributed by atoms with Crippen molar-refractivity contribution in [3.8, 4) is 0 Å². The van der Waals surface area contributed by atoms with Gasteiger partial charge in [0.05, 0.1) is 11.0 Å². The van der Waals surface area contributed by atoms with E-state index in [1.807, 2.05) is 30.3 Å². The number of nitrogens with one attached hydrogen (secondary N) is 2. The molecule has 2 aromatic carbocycles. The molecule has 2 aromatic rings. The van der Waals surface area contributed by atoms with E-state index >= 15 is 0 Å². The molecule has 160 valence electrons. The monoisotopic (exact) mass is 551 g/mol. The molecule has 0 amide bonds. The van der Waals surface area contributed by atoms with Crippen LogP contribution in [-0.2, 0) is 21.1 Å². The van der Waals surface area contributed by atoms with Crippen LogP contribution in [0.2, 0.25) is 5.02 Å². The molecule has 2 N–H and O–H groups in total. The predicted octanol–water partition coefficient (Wildman–Crippen LogP) is 3.72. The average molecular weight is 552 g/mol. The first-order valence-corrected chi connectivity index (χ1v) is 11.0. The van der Waals surface area contributed by atoms with Crippen molar-refractivity contribution in [2.45, 2.75) is 24.5 Å². The summed E-state index contributed by atoms with van der Waals surface area (Å²) in [5, 5.41) is 7.12. The van der Waals surface area contributed by atoms with Crippen molar-refractivity contribution >= 4 is 51.4 Å². The lowest BCUT2D eigenvalue weighted by Crippen LogP contribution is -2.39. The van der Waals surface area contributed by atoms with Crippen molar-refractivity contribution in [1.29, 1.82) is 0 Å². The number of sulfone groups is 1. The quantitative estimate of drug-likeness (QED) is 0.312. The van der Waals surface area contributed by atoms with Crippen molar-refractivity contribution in [2.75, 3.05) is 27.0 Å². The number of aliphatic imine (C=N–C) groups is 1. The lowest BCUT2D eigenvalue weighted by molar-refractivity contribution is 0.106. The number of rotatable bonds is 7. The summed E-state index contributed by atoms with van der Waals surface area (Å²) >= 11 is 6.06. The number of ether oxygens (including phenoxy) is 1. The summed E-state index contributed by atoms with van der Waals surface area (Å²) in [6.45, 7) is 2.82. The third-order valence-electron chi connectivity index (χ3n) is 4.28. The number of methoxy groups -OCH3 is 1. The molecule has 1 atom stereocenters. The Morgan fingerprint density at radius 3 is 2.48 bits per heavy atom. The molecule has 9 heteroatoms. The number of benzene rings is 2. The van der Waals surface area contributed by atoms with Crippen LogP contribution in [0.15, 0.2) is 52.4 Å². The molecular weight excluding hydrogens is 525 g/mol. The number of halogens is 2. The van der Waals surface area contributed by atoms with Gasteiger partial charge >= 0.3 is 0 Å². The van der Waals surface area contributed by atoms with Crippen molar-refractivity contribution in [3.63, 3.8) is 0 Å². The van der Waals surface area contributed by atoms with E-state index in [1.165, 1.54) is 6.26 Å². The molecule has 6 nitrogen and oxygen atoms in total. The van der Waals surface area contributed by atoms with Crippen LogP contribution in [0.25, 0.3) is 0 Å². The fourth-order valence-corrected chi connectivity index (χ4v) is 4.04. The van der Waals surface area contributed by atoms with Gasteiger partial charge < -0.3 is 15.4 Å². The molecule has 0 saturated carbocycles. The summed E-state index contributed by atoms with van der Waals surface area (Å²) in [5.74, 6) is 0.619. The minimum atomic E-state index is -3.22. The zero-order valence-corrected chi connectivity index (χ0v) is 20.8. The van der Waals surface area contributed by atoms with Crippen molar-refractivity contribution < 1.29 is 13.2 Å². The Morgan fingerprint density at radius 2 is 1.93 bits per heavy atom. The van der Waals surface area contributed by atoms with Crippen LogP contribution >= 0.6 is 35.6 Å². The van der Waals surface area contributed by atoms with E-state index in [2.05, 4.69) is 15.6 Å². The van der Waals surface area contributed by atoms with Gasteiger partial charge in [0.15, 0.2) is 15.8 Å². The van der Waals surface area contributed by atoms with Gasteiger partial charge in [-0.3, -0.25) is 4.99 Å². The van der Waals surface area contributed by atoms with Crippen LogP contribution in [0, 0.1) is 6.92 Å². The van der Waals surface area contributed by atoms with Crippen LogP contribution in [0.3, 0.4) is 0 Å². The Kier molecular flexibility index (Phi) is 10.4. The second-order valence-corrected chi connectivity index (χ2v) is 8.88. The van der Waals surface area contributed by atoms with Crippen LogP contribution in [0.4, 0.5) is 0 Å². The molecule has 0 radical (unpaired) electrons. The number of hydrogen-bond donors (Lipinski definition) is 2. The van der Waals surface area contributed by atoms with E-state index < -0.39 is 9.84 Å². The summed E-state index contributed by atoms with van der Waals surface area (Å²) in [7, 11) is 0.121. The summed E-state index contributed by atoms with van der Waals surface area (Å²) in [4.78, 5) is 4.57. The fourth-order valence-electron chi connectivity index (χ4n) is 2.88. The molecule has 0 bridgehead atoms. The smallest absolute Gasteiger partial charge is 0.191 e. The van der Waals surface area contributed by atoms with Gasteiger partial charge in [-0.15, -0.1) is 24.0 Å². The van der Waals surface area contributed by atoms with Gasteiger partial charge in [-0.25, -0.2) is 8.42 Å². The van der Waals surface area contributed by atoms with Crippen molar-refractivity contribution in [3.05, 3.63) is 64.2 Å². The van der Waals surface area contributed by atoms with Crippen LogP contribution in [0.5, 0.6) is 0 Å². The van der Waals surface area contributed by atoms with Gasteiger partial charge in [-0.2, -0.15) is 0 Å². The molecule has 0 aliphatic rings. The maximum absolute atomic E-state index is 11.7. The second-order valence-electron chi connectivity index (χ2n) is 6.46. The minimum Gasteiger partial charge on any atom is -0.375 e. The van der Waals surface area contributed by atoms with Crippen LogP contribution < -0.4 is 10.6 Å². The predicted molar refractivity (Wildman–Crippen MR) is 129 cm³/mol. The second kappa shape index (κ2) is 11.7. The number of guanidine groups is 1. The summed E-state index contributed by atoms with van der Waals surface area (Å²) in [6, 6.07) is 12.8. The molecule has 0 spiro atoms. The minimum absolute atomic E-state index is 0. The maximum Gasteiger partial charge on any atom is 0.191 e. The lowest BCUT2D eigenvalue weighted by atomic mass is 10.1. The maximum atomic E-state index is 11.7. The Morgan fingerprint density at radius 1 is 1.21 bits per heavy atom. The third-order valence-corrected chi connectivity index (χ3v) is 5.77. The molecule has 1 unspecified atom stereocenters. The Balaban J connectivity index is 0.00000420. The molecule has 0 aliphatic heterocycles. The molecule has 0 heterocycles. The highest BCUT2D eigenvalue weighted by Crippen LogP contribution is 2.20. The summed E-state index contributed by atoms with van der Waals surface area (Å²) < 4.78 is 29.0. The van der Waals surface area contributed by atoms with Gasteiger partial charge in [0.25, 0.3) is 0 Å². The highest BCUT2D eigenvalue weighted by molar-refractivity contribution is 14.0. The van der Waals surface area contributed by atoms with Gasteiger partial charge in [0.2, 0.25) is 0 Å². The molecule has 0 aromatic heterocycles. The zero-order chi connectivity index (χ0) is 20.7. The van der Waals surface area contributed by atoms with E-state index in [4.69, 9.17) is 16.3 Å². The van der Waals surface area contributed by atoms with Gasteiger partial charge in [-0.05, 0) is 41.8 Å². The SMILES string of the molecule is CN=C(NCc1ccc(S(C)(=O)=O)c(C)c1)NCC(OC)c1cccc(Cl)c1.I. The molecule has 0 saturated heterocycles. The molecule has 2 rings (SSSR count). The Bertz CT molecular complexity index is 952. The molecular formula is C20H27ClIN3O3S. The first-order valence-electron chi connectivity index (χ1n) is 8.77. The zero-order valence-electron chi connectivity index (χ0n) is 16.9. The highest BCUT2D eigenvalue weighted by Gasteiger charge is 2.13. The Hall–Kier alpha value is -1.36. The molecule has 29 heavy (non-hydrogen) atoms. The van der Waals surface area contributed by atoms with Crippen LogP contribution in [0.1, 0.15) is 22.8 Å². The number of aryl methyl sites for hydroxylation is 1. The number of hydrogen-bond acceptors (Lipinski definition) is 4. The topological polar surface area (TPSA) is 79.8 Å². The average Bonchev–Trinajstić information content (AvgIpc) is 2.63. The van der Waals surface area contributed by atoms with Crippen LogP contribution in [-0.4, -0.2) is 41.3 Å². The van der Waals surface area contributed by atoms with Crippen molar-refractivity contribution in [2.24, 2.45) is 4.99 Å². The Labute approximate surface area is 195 Å². The lowest BCUT2D eigenvalue weighted by Gasteiger charge is -2.19. The third kappa shape index (κ3) is 7.76. The number of nitrogens with zero attached hydrogens (tertiary/aromatic N) is 1. The van der Waals surface area contributed by atoms with Gasteiger partial charge in [-0.1, -0.05) is 35.9 Å². The van der Waals surface area contributed by atoms with Gasteiger partial charge in [0.1, 0.15) is 0 Å². The van der Waals surface area contributed by atoms with E-state index in [0.29, 0.717) is 29.0 Å².